The maximum absolute atomic E-state index is 12.6. The number of ether oxygens (including phenoxy) is 3. The molecule has 16 nitrogen and oxygen atoms in total. The van der Waals surface area contributed by atoms with E-state index in [1.807, 2.05) is 0 Å². The molecule has 1 unspecified atom stereocenters. The van der Waals surface area contributed by atoms with Gasteiger partial charge in [0.05, 0.1) is 51.5 Å². The highest BCUT2D eigenvalue weighted by molar-refractivity contribution is 5.97. The number of H-pyrrole nitrogens is 1. The van der Waals surface area contributed by atoms with Crippen LogP contribution in [0.4, 0.5) is 11.6 Å². The molecule has 0 saturated carbocycles. The summed E-state index contributed by atoms with van der Waals surface area (Å²) in [6.07, 6.45) is 1.29. The number of carboxylic acid groups (broad SMARTS) is 1. The number of fused-ring (bicyclic) bond motifs is 1. The summed E-state index contributed by atoms with van der Waals surface area (Å²) < 4.78 is 15.5. The second-order valence-electron chi connectivity index (χ2n) is 8.89. The maximum Gasteiger partial charge on any atom is 0.326 e. The van der Waals surface area contributed by atoms with E-state index in [4.69, 9.17) is 19.9 Å². The number of aromatic amines is 1. The van der Waals surface area contributed by atoms with E-state index >= 15 is 0 Å². The average molecular weight is 587 g/mol. The van der Waals surface area contributed by atoms with Crippen LogP contribution in [-0.4, -0.2) is 95.6 Å². The van der Waals surface area contributed by atoms with Crippen molar-refractivity contribution in [2.45, 2.75) is 25.4 Å². The van der Waals surface area contributed by atoms with Gasteiger partial charge in [0, 0.05) is 31.3 Å². The van der Waals surface area contributed by atoms with Gasteiger partial charge in [-0.15, -0.1) is 0 Å². The van der Waals surface area contributed by atoms with Crippen LogP contribution in [0.2, 0.25) is 0 Å². The third-order valence-corrected chi connectivity index (χ3v) is 5.74. The Morgan fingerprint density at radius 1 is 1.05 bits per heavy atom. The molecule has 0 aliphatic carbocycles. The number of nitrogens with zero attached hydrogens (tertiary/aromatic N) is 3. The van der Waals surface area contributed by atoms with Crippen molar-refractivity contribution in [1.82, 2.24) is 30.6 Å². The molecule has 2 heterocycles. The number of amides is 2. The molecule has 0 saturated heterocycles. The molecule has 0 bridgehead atoms. The van der Waals surface area contributed by atoms with Crippen LogP contribution in [0.15, 0.2) is 35.3 Å². The predicted molar refractivity (Wildman–Crippen MR) is 151 cm³/mol. The standard InChI is InChI=1S/C26H34N8O8/c1-40-10-11-42-13-12-41-9-8-28-20(35)7-6-19(25(38)39)32-23(36)16-2-4-17(5-3-16)29-14-18-15-30-22-21(31-18)24(37)34-26(27)33-22/h2-5,15,19,29H,6-14H2,1H3,(H,28,35)(H,32,36)(H,38,39)(H3,27,30,33,34,37). The van der Waals surface area contributed by atoms with E-state index in [9.17, 15) is 24.3 Å². The molecule has 0 aliphatic rings. The van der Waals surface area contributed by atoms with Crippen molar-refractivity contribution in [3.05, 3.63) is 52.1 Å². The van der Waals surface area contributed by atoms with Crippen LogP contribution in [0.5, 0.6) is 0 Å². The fraction of sp³-hybridized carbons (Fsp3) is 0.423. The maximum atomic E-state index is 12.6. The molecule has 0 aliphatic heterocycles. The highest BCUT2D eigenvalue weighted by atomic mass is 16.5. The number of carbonyl (C=O) groups excluding carboxylic acids is 2. The molecule has 1 aromatic carbocycles. The largest absolute Gasteiger partial charge is 0.480 e. The number of hydrogen-bond donors (Lipinski definition) is 6. The quantitative estimate of drug-likeness (QED) is 0.105. The number of anilines is 2. The van der Waals surface area contributed by atoms with Gasteiger partial charge in [0.2, 0.25) is 11.9 Å². The van der Waals surface area contributed by atoms with Gasteiger partial charge in [-0.05, 0) is 30.7 Å². The number of benzene rings is 1. The zero-order valence-corrected chi connectivity index (χ0v) is 23.1. The minimum Gasteiger partial charge on any atom is -0.480 e. The van der Waals surface area contributed by atoms with E-state index in [2.05, 4.69) is 35.9 Å². The van der Waals surface area contributed by atoms with Crippen LogP contribution in [0.25, 0.3) is 11.2 Å². The first kappa shape index (κ1) is 31.9. The number of aliphatic carboxylic acids is 1. The Kier molecular flexibility index (Phi) is 12.6. The number of hydrogen-bond acceptors (Lipinski definition) is 12. The van der Waals surface area contributed by atoms with Crippen molar-refractivity contribution < 1.29 is 33.7 Å². The summed E-state index contributed by atoms with van der Waals surface area (Å²) in [5, 5.41) is 17.7. The van der Waals surface area contributed by atoms with Crippen molar-refractivity contribution in [2.75, 3.05) is 57.7 Å². The number of carboxylic acids is 1. The summed E-state index contributed by atoms with van der Waals surface area (Å²) in [4.78, 5) is 63.0. The van der Waals surface area contributed by atoms with Gasteiger partial charge in [-0.25, -0.2) is 14.8 Å². The van der Waals surface area contributed by atoms with Crippen molar-refractivity contribution in [1.29, 1.82) is 0 Å². The van der Waals surface area contributed by atoms with Gasteiger partial charge in [-0.2, -0.15) is 4.98 Å². The monoisotopic (exact) mass is 586 g/mol. The van der Waals surface area contributed by atoms with Gasteiger partial charge in [0.25, 0.3) is 11.5 Å². The van der Waals surface area contributed by atoms with E-state index in [0.717, 1.165) is 0 Å². The molecule has 0 radical (unpaired) electrons. The number of nitrogens with one attached hydrogen (secondary N) is 4. The van der Waals surface area contributed by atoms with Gasteiger partial charge in [0.15, 0.2) is 11.2 Å². The molecule has 3 aromatic rings. The lowest BCUT2D eigenvalue weighted by Crippen LogP contribution is -2.41. The highest BCUT2D eigenvalue weighted by Crippen LogP contribution is 2.12. The Labute approximate surface area is 240 Å². The second-order valence-corrected chi connectivity index (χ2v) is 8.89. The smallest absolute Gasteiger partial charge is 0.326 e. The normalized spacial score (nSPS) is 11.6. The second kappa shape index (κ2) is 16.6. The highest BCUT2D eigenvalue weighted by Gasteiger charge is 2.21. The van der Waals surface area contributed by atoms with Crippen molar-refractivity contribution >= 4 is 40.6 Å². The summed E-state index contributed by atoms with van der Waals surface area (Å²) in [6.45, 7) is 2.54. The third-order valence-electron chi connectivity index (χ3n) is 5.74. The lowest BCUT2D eigenvalue weighted by Gasteiger charge is -2.15. The molecule has 0 spiro atoms. The molecular weight excluding hydrogens is 552 g/mol. The molecule has 226 valence electrons. The van der Waals surface area contributed by atoms with Crippen molar-refractivity contribution in [2.24, 2.45) is 0 Å². The van der Waals surface area contributed by atoms with Crippen molar-refractivity contribution in [3.8, 4) is 0 Å². The van der Waals surface area contributed by atoms with E-state index in [-0.39, 0.29) is 61.1 Å². The van der Waals surface area contributed by atoms with Gasteiger partial charge >= 0.3 is 5.97 Å². The fourth-order valence-electron chi connectivity index (χ4n) is 3.58. The molecule has 2 aromatic heterocycles. The first-order chi connectivity index (χ1) is 20.3. The van der Waals surface area contributed by atoms with E-state index in [1.54, 1.807) is 19.2 Å². The van der Waals surface area contributed by atoms with Crippen LogP contribution in [0.1, 0.15) is 28.9 Å². The Morgan fingerprint density at radius 2 is 1.76 bits per heavy atom. The fourth-order valence-corrected chi connectivity index (χ4v) is 3.58. The lowest BCUT2D eigenvalue weighted by atomic mass is 10.1. The summed E-state index contributed by atoms with van der Waals surface area (Å²) in [5.74, 6) is -2.25. The summed E-state index contributed by atoms with van der Waals surface area (Å²) in [7, 11) is 1.59. The Morgan fingerprint density at radius 3 is 2.48 bits per heavy atom. The van der Waals surface area contributed by atoms with E-state index < -0.39 is 23.5 Å². The third kappa shape index (κ3) is 10.4. The minimum atomic E-state index is -1.25. The van der Waals surface area contributed by atoms with Crippen molar-refractivity contribution in [3.63, 3.8) is 0 Å². The number of carbonyl (C=O) groups is 3. The number of rotatable bonds is 18. The topological polar surface area (TPSA) is 233 Å². The molecule has 16 heteroatoms. The Balaban J connectivity index is 1.40. The lowest BCUT2D eigenvalue weighted by molar-refractivity contribution is -0.139. The Hall–Kier alpha value is -4.67. The minimum absolute atomic E-state index is 0.0503. The first-order valence-corrected chi connectivity index (χ1v) is 13.1. The summed E-state index contributed by atoms with van der Waals surface area (Å²) >= 11 is 0. The molecular formula is C26H34N8O8. The predicted octanol–water partition coefficient (Wildman–Crippen LogP) is -0.334. The first-order valence-electron chi connectivity index (χ1n) is 13.1. The van der Waals surface area contributed by atoms with Crippen LogP contribution >= 0.6 is 0 Å². The zero-order valence-electron chi connectivity index (χ0n) is 23.1. The average Bonchev–Trinajstić information content (AvgIpc) is 2.97. The van der Waals surface area contributed by atoms with Gasteiger partial charge in [0.1, 0.15) is 6.04 Å². The summed E-state index contributed by atoms with van der Waals surface area (Å²) in [6, 6.07) is 5.07. The van der Waals surface area contributed by atoms with Crippen LogP contribution in [0, 0.1) is 0 Å². The number of nitrogen functional groups attached to an aromatic ring is 1. The van der Waals surface area contributed by atoms with Gasteiger partial charge in [-0.1, -0.05) is 0 Å². The molecule has 0 fully saturated rings. The zero-order chi connectivity index (χ0) is 30.3. The number of methoxy groups -OCH3 is 1. The van der Waals surface area contributed by atoms with Gasteiger partial charge in [-0.3, -0.25) is 19.4 Å². The van der Waals surface area contributed by atoms with Crippen LogP contribution < -0.4 is 27.2 Å². The van der Waals surface area contributed by atoms with E-state index in [0.29, 0.717) is 37.8 Å². The number of nitrogens with two attached hydrogens (primary N) is 1. The number of aromatic nitrogens is 4. The SMILES string of the molecule is COCCOCCOCCNC(=O)CCC(NC(=O)c1ccc(NCc2cnc3nc(N)[nH]c(=O)c3n2)cc1)C(=O)O. The Bertz CT molecular complexity index is 1400. The summed E-state index contributed by atoms with van der Waals surface area (Å²) in [5.41, 5.74) is 6.57. The molecule has 7 N–H and O–H groups in total. The molecule has 2 amide bonds. The van der Waals surface area contributed by atoms with Crippen LogP contribution in [0.3, 0.4) is 0 Å². The molecule has 42 heavy (non-hydrogen) atoms. The van der Waals surface area contributed by atoms with Gasteiger partial charge < -0.3 is 41.0 Å². The van der Waals surface area contributed by atoms with E-state index in [1.165, 1.54) is 18.3 Å². The molecule has 1 atom stereocenters. The van der Waals surface area contributed by atoms with Crippen LogP contribution in [-0.2, 0) is 30.3 Å². The molecule has 3 rings (SSSR count).